The van der Waals surface area contributed by atoms with Gasteiger partial charge in [0, 0.05) is 36.0 Å². The van der Waals surface area contributed by atoms with Crippen LogP contribution in [0.4, 0.5) is 8.78 Å². The molecule has 4 aromatic rings. The van der Waals surface area contributed by atoms with Crippen LogP contribution in [-0.2, 0) is 22.8 Å². The average molecular weight is 440 g/mol. The van der Waals surface area contributed by atoms with E-state index in [1.165, 1.54) is 42.2 Å². The van der Waals surface area contributed by atoms with Crippen molar-refractivity contribution in [2.24, 2.45) is 7.05 Å². The van der Waals surface area contributed by atoms with Crippen molar-refractivity contribution in [3.05, 3.63) is 112 Å². The van der Waals surface area contributed by atoms with Gasteiger partial charge in [-0.15, -0.1) is 0 Å². The molecule has 0 radical (unpaired) electrons. The maximum absolute atomic E-state index is 14.3. The molecule has 0 saturated heterocycles. The Labute approximate surface area is 177 Å². The van der Waals surface area contributed by atoms with Crippen molar-refractivity contribution >= 4 is 26.5 Å². The van der Waals surface area contributed by atoms with E-state index in [9.17, 15) is 22.0 Å². The summed E-state index contributed by atoms with van der Waals surface area (Å²) >= 11 is 0. The molecule has 2 aromatic carbocycles. The summed E-state index contributed by atoms with van der Waals surface area (Å²) in [4.78, 5) is 12.9. The maximum Gasteiger partial charge on any atom is 0.275 e. The molecular weight excluding hydrogens is 422 g/mol. The van der Waals surface area contributed by atoms with E-state index in [1.807, 2.05) is 0 Å². The first-order valence-corrected chi connectivity index (χ1v) is 10.9. The molecule has 0 unspecified atom stereocenters. The molecule has 0 atom stereocenters. The van der Waals surface area contributed by atoms with Gasteiger partial charge in [0.05, 0.1) is 5.75 Å². The topological polar surface area (TPSA) is 61.1 Å². The lowest BCUT2D eigenvalue weighted by atomic mass is 9.98. The Hall–Kier alpha value is -3.52. The Morgan fingerprint density at radius 2 is 1.71 bits per heavy atom. The fourth-order valence-corrected chi connectivity index (χ4v) is 4.99. The Bertz CT molecular complexity index is 1490. The molecule has 8 heteroatoms. The number of fused-ring (bicyclic) bond motifs is 1. The monoisotopic (exact) mass is 440 g/mol. The fourth-order valence-electron chi connectivity index (χ4n) is 3.54. The van der Waals surface area contributed by atoms with Crippen LogP contribution in [0.25, 0.3) is 16.5 Å². The van der Waals surface area contributed by atoms with Gasteiger partial charge >= 0.3 is 0 Å². The first kappa shape index (κ1) is 20.7. The summed E-state index contributed by atoms with van der Waals surface area (Å²) in [6.07, 6.45) is 2.73. The normalized spacial score (nSPS) is 11.7. The molecule has 31 heavy (non-hydrogen) atoms. The molecule has 0 N–H and O–H groups in total. The van der Waals surface area contributed by atoms with Crippen LogP contribution in [0.5, 0.6) is 0 Å². The van der Waals surface area contributed by atoms with E-state index >= 15 is 0 Å². The molecule has 0 bridgehead atoms. The minimum absolute atomic E-state index is 0.0696. The lowest BCUT2D eigenvalue weighted by Gasteiger charge is -2.13. The highest BCUT2D eigenvalue weighted by Crippen LogP contribution is 2.30. The van der Waals surface area contributed by atoms with Crippen LogP contribution in [0.1, 0.15) is 16.7 Å². The van der Waals surface area contributed by atoms with E-state index in [-0.39, 0.29) is 27.8 Å². The number of pyridine rings is 1. The van der Waals surface area contributed by atoms with Gasteiger partial charge in [0.1, 0.15) is 5.52 Å². The SMILES string of the molecule is C=C(c1cccc(F)c1F)c1cn(C)c(=O)c2c1ccn2S(=O)(=O)Cc1ccccc1. The molecule has 0 aliphatic carbocycles. The molecule has 0 fully saturated rings. The zero-order chi connectivity index (χ0) is 22.3. The summed E-state index contributed by atoms with van der Waals surface area (Å²) in [5, 5.41) is 0.286. The van der Waals surface area contributed by atoms with Crippen LogP contribution in [0.3, 0.4) is 0 Å². The molecule has 0 spiro atoms. The van der Waals surface area contributed by atoms with Crippen LogP contribution in [0.2, 0.25) is 0 Å². The van der Waals surface area contributed by atoms with Crippen molar-refractivity contribution < 1.29 is 17.2 Å². The Balaban J connectivity index is 1.91. The maximum atomic E-state index is 14.3. The minimum atomic E-state index is -3.92. The number of aryl methyl sites for hydroxylation is 1. The Kier molecular flexibility index (Phi) is 5.10. The molecule has 5 nitrogen and oxygen atoms in total. The third kappa shape index (κ3) is 3.59. The van der Waals surface area contributed by atoms with E-state index in [0.29, 0.717) is 11.1 Å². The first-order valence-electron chi connectivity index (χ1n) is 9.32. The van der Waals surface area contributed by atoms with Crippen molar-refractivity contribution in [2.45, 2.75) is 5.75 Å². The van der Waals surface area contributed by atoms with Crippen LogP contribution in [0, 0.1) is 11.6 Å². The molecule has 2 heterocycles. The Morgan fingerprint density at radius 1 is 1.00 bits per heavy atom. The molecule has 2 aromatic heterocycles. The third-order valence-electron chi connectivity index (χ3n) is 5.08. The number of nitrogens with zero attached hydrogens (tertiary/aromatic N) is 2. The van der Waals surface area contributed by atoms with Gasteiger partial charge in [0.2, 0.25) is 10.0 Å². The minimum Gasteiger partial charge on any atom is -0.316 e. The lowest BCUT2D eigenvalue weighted by molar-refractivity contribution is 0.506. The molecule has 158 valence electrons. The summed E-state index contributed by atoms with van der Waals surface area (Å²) in [6.45, 7) is 3.88. The molecule has 0 aliphatic heterocycles. The largest absolute Gasteiger partial charge is 0.316 e. The van der Waals surface area contributed by atoms with Gasteiger partial charge in [0.15, 0.2) is 11.6 Å². The second kappa shape index (κ2) is 7.63. The molecule has 0 saturated carbocycles. The van der Waals surface area contributed by atoms with E-state index in [1.54, 1.807) is 30.3 Å². The highest BCUT2D eigenvalue weighted by Gasteiger charge is 2.23. The summed E-state index contributed by atoms with van der Waals surface area (Å²) in [7, 11) is -2.46. The molecule has 0 aliphatic rings. The first-order chi connectivity index (χ1) is 14.7. The van der Waals surface area contributed by atoms with Crippen molar-refractivity contribution in [1.29, 1.82) is 0 Å². The van der Waals surface area contributed by atoms with E-state index in [0.717, 1.165) is 10.0 Å². The number of hydrogen-bond donors (Lipinski definition) is 0. The third-order valence-corrected chi connectivity index (χ3v) is 6.68. The van der Waals surface area contributed by atoms with Gasteiger partial charge in [-0.2, -0.15) is 0 Å². The van der Waals surface area contributed by atoms with Crippen LogP contribution >= 0.6 is 0 Å². The van der Waals surface area contributed by atoms with Crippen LogP contribution in [0.15, 0.2) is 78.4 Å². The van der Waals surface area contributed by atoms with Crippen molar-refractivity contribution in [1.82, 2.24) is 8.54 Å². The van der Waals surface area contributed by atoms with Gasteiger partial charge in [-0.1, -0.05) is 49.0 Å². The highest BCUT2D eigenvalue weighted by molar-refractivity contribution is 7.89. The van der Waals surface area contributed by atoms with Gasteiger partial charge in [0.25, 0.3) is 5.56 Å². The average Bonchev–Trinajstić information content (AvgIpc) is 3.19. The van der Waals surface area contributed by atoms with Crippen LogP contribution in [-0.4, -0.2) is 17.0 Å². The number of halogens is 2. The number of hydrogen-bond acceptors (Lipinski definition) is 3. The second-order valence-electron chi connectivity index (χ2n) is 7.15. The lowest BCUT2D eigenvalue weighted by Crippen LogP contribution is -2.23. The van der Waals surface area contributed by atoms with E-state index in [4.69, 9.17) is 0 Å². The van der Waals surface area contributed by atoms with Crippen molar-refractivity contribution in [3.63, 3.8) is 0 Å². The zero-order valence-electron chi connectivity index (χ0n) is 16.5. The molecular formula is C23H18F2N2O3S. The highest BCUT2D eigenvalue weighted by atomic mass is 32.2. The van der Waals surface area contributed by atoms with Gasteiger partial charge in [-0.05, 0) is 23.3 Å². The van der Waals surface area contributed by atoms with E-state index in [2.05, 4.69) is 6.58 Å². The number of aromatic nitrogens is 2. The van der Waals surface area contributed by atoms with Gasteiger partial charge in [-0.25, -0.2) is 21.2 Å². The van der Waals surface area contributed by atoms with Crippen molar-refractivity contribution in [3.8, 4) is 0 Å². The standard InChI is InChI=1S/C23H18F2N2O3S/c1-15(17-9-6-10-20(24)21(17)25)19-13-26(2)23(28)22-18(19)11-12-27(22)31(29,30)14-16-7-4-3-5-8-16/h3-13H,1,14H2,2H3. The summed E-state index contributed by atoms with van der Waals surface area (Å²) < 4.78 is 56.4. The smallest absolute Gasteiger partial charge is 0.275 e. The van der Waals surface area contributed by atoms with Crippen molar-refractivity contribution in [2.75, 3.05) is 0 Å². The second-order valence-corrected chi connectivity index (χ2v) is 9.00. The molecule has 4 rings (SSSR count). The Morgan fingerprint density at radius 3 is 2.42 bits per heavy atom. The number of benzene rings is 2. The predicted octanol–water partition coefficient (Wildman–Crippen LogP) is 4.06. The molecule has 0 amide bonds. The predicted molar refractivity (Wildman–Crippen MR) is 116 cm³/mol. The quantitative estimate of drug-likeness (QED) is 0.470. The summed E-state index contributed by atoms with van der Waals surface area (Å²) in [6, 6.07) is 13.8. The van der Waals surface area contributed by atoms with E-state index < -0.39 is 27.2 Å². The van der Waals surface area contributed by atoms with Gasteiger partial charge in [-0.3, -0.25) is 4.79 Å². The summed E-state index contributed by atoms with van der Waals surface area (Å²) in [5.41, 5.74) is 0.358. The van der Waals surface area contributed by atoms with Gasteiger partial charge < -0.3 is 4.57 Å². The van der Waals surface area contributed by atoms with Crippen LogP contribution < -0.4 is 5.56 Å². The fraction of sp³-hybridized carbons (Fsp3) is 0.0870. The number of rotatable bonds is 5. The summed E-state index contributed by atoms with van der Waals surface area (Å²) in [5.74, 6) is -2.39. The zero-order valence-corrected chi connectivity index (χ0v) is 17.4.